The van der Waals surface area contributed by atoms with E-state index in [1.165, 1.54) is 37.3 Å². The first-order valence-corrected chi connectivity index (χ1v) is 11.1. The molecule has 1 saturated carbocycles. The Balaban J connectivity index is 2.10. The molecule has 27 heavy (non-hydrogen) atoms. The molecule has 1 aliphatic carbocycles. The van der Waals surface area contributed by atoms with Gasteiger partial charge < -0.3 is 10.6 Å². The number of sulfonamides is 1. The monoisotopic (exact) mass is 395 g/mol. The Morgan fingerprint density at radius 1 is 1.22 bits per heavy atom. The third-order valence-electron chi connectivity index (χ3n) is 5.81. The molecule has 0 bridgehead atoms. The summed E-state index contributed by atoms with van der Waals surface area (Å²) < 4.78 is 25.9. The summed E-state index contributed by atoms with van der Waals surface area (Å²) in [6.07, 6.45) is 3.51. The van der Waals surface area contributed by atoms with Crippen LogP contribution < -0.4 is 10.6 Å². The van der Waals surface area contributed by atoms with E-state index in [1.54, 1.807) is 12.1 Å². The number of carbonyl (C=O) groups is 1. The largest absolute Gasteiger partial charge is 0.324 e. The first-order chi connectivity index (χ1) is 12.5. The van der Waals surface area contributed by atoms with Gasteiger partial charge in [0.1, 0.15) is 0 Å². The third kappa shape index (κ3) is 5.09. The van der Waals surface area contributed by atoms with Crippen LogP contribution >= 0.6 is 0 Å². The molecule has 0 radical (unpaired) electrons. The molecule has 2 N–H and O–H groups in total. The van der Waals surface area contributed by atoms with Gasteiger partial charge in [0.2, 0.25) is 15.9 Å². The van der Waals surface area contributed by atoms with E-state index in [9.17, 15) is 13.2 Å². The van der Waals surface area contributed by atoms with Crippen molar-refractivity contribution in [3.63, 3.8) is 0 Å². The van der Waals surface area contributed by atoms with E-state index in [1.807, 2.05) is 13.8 Å². The van der Waals surface area contributed by atoms with Gasteiger partial charge in [0.15, 0.2) is 0 Å². The van der Waals surface area contributed by atoms with Crippen molar-refractivity contribution in [2.45, 2.75) is 63.9 Å². The number of rotatable bonds is 6. The summed E-state index contributed by atoms with van der Waals surface area (Å²) >= 11 is 0. The number of nitrogens with zero attached hydrogens (tertiary/aromatic N) is 1. The molecular formula is C20H33N3O3S. The molecule has 2 rings (SSSR count). The molecule has 1 aromatic rings. The van der Waals surface area contributed by atoms with E-state index in [4.69, 9.17) is 0 Å². The van der Waals surface area contributed by atoms with Crippen LogP contribution in [0.5, 0.6) is 0 Å². The fourth-order valence-corrected chi connectivity index (χ4v) is 4.49. The summed E-state index contributed by atoms with van der Waals surface area (Å²) in [6.45, 7) is 8.22. The minimum atomic E-state index is -3.54. The van der Waals surface area contributed by atoms with Gasteiger partial charge in [-0.15, -0.1) is 0 Å². The van der Waals surface area contributed by atoms with Crippen molar-refractivity contribution in [2.75, 3.05) is 19.4 Å². The van der Waals surface area contributed by atoms with Gasteiger partial charge in [-0.25, -0.2) is 12.7 Å². The zero-order valence-corrected chi connectivity index (χ0v) is 18.1. The Morgan fingerprint density at radius 3 is 2.52 bits per heavy atom. The predicted octanol–water partition coefficient (Wildman–Crippen LogP) is 2.99. The number of hydrogen-bond donors (Lipinski definition) is 2. The van der Waals surface area contributed by atoms with Crippen LogP contribution in [0.3, 0.4) is 0 Å². The van der Waals surface area contributed by atoms with E-state index < -0.39 is 10.0 Å². The predicted molar refractivity (Wildman–Crippen MR) is 109 cm³/mol. The Labute approximate surface area is 163 Å². The van der Waals surface area contributed by atoms with E-state index in [0.29, 0.717) is 23.6 Å². The van der Waals surface area contributed by atoms with Crippen molar-refractivity contribution >= 4 is 21.6 Å². The Morgan fingerprint density at radius 2 is 1.89 bits per heavy atom. The van der Waals surface area contributed by atoms with Crippen LogP contribution in [-0.2, 0) is 14.8 Å². The fraction of sp³-hybridized carbons (Fsp3) is 0.650. The van der Waals surface area contributed by atoms with Crippen LogP contribution in [0.2, 0.25) is 0 Å². The maximum atomic E-state index is 12.7. The fourth-order valence-electron chi connectivity index (χ4n) is 3.56. The number of aryl methyl sites for hydroxylation is 1. The van der Waals surface area contributed by atoms with Crippen LogP contribution in [0, 0.1) is 18.8 Å². The molecule has 0 heterocycles. The number of nitrogens with one attached hydrogen (secondary N) is 2. The molecule has 6 nitrogen and oxygen atoms in total. The van der Waals surface area contributed by atoms with Crippen LogP contribution in [0.1, 0.15) is 45.6 Å². The highest BCUT2D eigenvalue weighted by Gasteiger charge is 2.29. The summed E-state index contributed by atoms with van der Waals surface area (Å²) in [5.41, 5.74) is 1.36. The second-order valence-electron chi connectivity index (χ2n) is 8.02. The standard InChI is InChI=1S/C20H33N3O3S/c1-13-8-7-9-18(15(13)3)21-16(4)20(24)22-19-12-17(11-10-14(19)2)27(25,26)23(5)6/h10-13,15-16,18,21H,7-9H2,1-6H3,(H,22,24)/t13-,15+,16+,18-/m1/s1. The molecular weight excluding hydrogens is 362 g/mol. The van der Waals surface area contributed by atoms with Gasteiger partial charge in [0.05, 0.1) is 10.9 Å². The number of benzene rings is 1. The van der Waals surface area contributed by atoms with Gasteiger partial charge in [-0.05, 0) is 49.8 Å². The lowest BCUT2D eigenvalue weighted by atomic mass is 9.78. The molecule has 0 spiro atoms. The minimum Gasteiger partial charge on any atom is -0.324 e. The number of amides is 1. The Kier molecular flexibility index (Phi) is 7.05. The lowest BCUT2D eigenvalue weighted by molar-refractivity contribution is -0.118. The highest BCUT2D eigenvalue weighted by atomic mass is 32.2. The zero-order chi connectivity index (χ0) is 20.4. The maximum absolute atomic E-state index is 12.7. The van der Waals surface area contributed by atoms with Gasteiger partial charge in [0.25, 0.3) is 0 Å². The molecule has 0 aliphatic heterocycles. The number of anilines is 1. The summed E-state index contributed by atoms with van der Waals surface area (Å²) in [5.74, 6) is 1.04. The van der Waals surface area contributed by atoms with Crippen molar-refractivity contribution in [3.05, 3.63) is 23.8 Å². The third-order valence-corrected chi connectivity index (χ3v) is 7.62. The number of carbonyl (C=O) groups excluding carboxylic acids is 1. The molecule has 0 unspecified atom stereocenters. The van der Waals surface area contributed by atoms with Gasteiger partial charge in [0, 0.05) is 25.8 Å². The second-order valence-corrected chi connectivity index (χ2v) is 10.2. The summed E-state index contributed by atoms with van der Waals surface area (Å²) in [7, 11) is -0.558. The first kappa shape index (κ1) is 21.9. The summed E-state index contributed by atoms with van der Waals surface area (Å²) in [5, 5.41) is 6.36. The molecule has 0 aromatic heterocycles. The molecule has 4 atom stereocenters. The molecule has 1 aliphatic rings. The van der Waals surface area contributed by atoms with Crippen LogP contribution in [-0.4, -0.2) is 44.8 Å². The van der Waals surface area contributed by atoms with E-state index >= 15 is 0 Å². The molecule has 0 saturated heterocycles. The zero-order valence-electron chi connectivity index (χ0n) is 17.2. The second kappa shape index (κ2) is 8.71. The maximum Gasteiger partial charge on any atom is 0.242 e. The van der Waals surface area contributed by atoms with Crippen LogP contribution in [0.4, 0.5) is 5.69 Å². The Bertz CT molecular complexity index is 777. The number of hydrogen-bond acceptors (Lipinski definition) is 4. The average molecular weight is 396 g/mol. The van der Waals surface area contributed by atoms with Crippen molar-refractivity contribution < 1.29 is 13.2 Å². The minimum absolute atomic E-state index is 0.150. The lowest BCUT2D eigenvalue weighted by Crippen LogP contribution is -2.49. The average Bonchev–Trinajstić information content (AvgIpc) is 2.60. The smallest absolute Gasteiger partial charge is 0.242 e. The Hall–Kier alpha value is -1.44. The molecule has 152 valence electrons. The SMILES string of the molecule is Cc1ccc(S(=O)(=O)N(C)C)cc1NC(=O)[C@H](C)N[C@@H]1CCC[C@@H](C)[C@@H]1C. The quantitative estimate of drug-likeness (QED) is 0.776. The van der Waals surface area contributed by atoms with E-state index in [2.05, 4.69) is 24.5 Å². The van der Waals surface area contributed by atoms with Gasteiger partial charge in [-0.3, -0.25) is 4.79 Å². The van der Waals surface area contributed by atoms with Crippen molar-refractivity contribution in [1.82, 2.24) is 9.62 Å². The van der Waals surface area contributed by atoms with Crippen LogP contribution in [0.15, 0.2) is 23.1 Å². The van der Waals surface area contributed by atoms with Gasteiger partial charge in [-0.2, -0.15) is 0 Å². The summed E-state index contributed by atoms with van der Waals surface area (Å²) in [6, 6.07) is 4.79. The molecule has 7 heteroatoms. The highest BCUT2D eigenvalue weighted by Crippen LogP contribution is 2.30. The van der Waals surface area contributed by atoms with Gasteiger partial charge in [-0.1, -0.05) is 32.8 Å². The summed E-state index contributed by atoms with van der Waals surface area (Å²) in [4.78, 5) is 12.9. The highest BCUT2D eigenvalue weighted by molar-refractivity contribution is 7.89. The van der Waals surface area contributed by atoms with Gasteiger partial charge >= 0.3 is 0 Å². The normalized spacial score (nSPS) is 24.6. The van der Waals surface area contributed by atoms with Crippen molar-refractivity contribution in [1.29, 1.82) is 0 Å². The van der Waals surface area contributed by atoms with E-state index in [-0.39, 0.29) is 16.8 Å². The van der Waals surface area contributed by atoms with E-state index in [0.717, 1.165) is 12.0 Å². The van der Waals surface area contributed by atoms with Crippen molar-refractivity contribution in [2.24, 2.45) is 11.8 Å². The topological polar surface area (TPSA) is 78.5 Å². The van der Waals surface area contributed by atoms with Crippen molar-refractivity contribution in [3.8, 4) is 0 Å². The van der Waals surface area contributed by atoms with Crippen LogP contribution in [0.25, 0.3) is 0 Å². The molecule has 1 aromatic carbocycles. The first-order valence-electron chi connectivity index (χ1n) is 9.64. The lowest BCUT2D eigenvalue weighted by Gasteiger charge is -2.36. The molecule has 1 fully saturated rings. The molecule has 1 amide bonds.